The van der Waals surface area contributed by atoms with E-state index in [1.165, 1.54) is 0 Å². The number of hydrogen-bond donors (Lipinski definition) is 4. The van der Waals surface area contributed by atoms with Gasteiger partial charge in [-0.3, -0.25) is 14.0 Å². The number of aryl methyl sites for hydroxylation is 2. The van der Waals surface area contributed by atoms with Crippen molar-refractivity contribution in [2.24, 2.45) is 0 Å². The molecule has 0 heterocycles. The van der Waals surface area contributed by atoms with Crippen molar-refractivity contribution in [1.82, 2.24) is 0 Å². The van der Waals surface area contributed by atoms with E-state index in [1.807, 2.05) is 45.2 Å². The Kier molecular flexibility index (Phi) is 12.5. The number of carbonyl (C=O) groups is 2. The second-order valence-corrected chi connectivity index (χ2v) is 7.69. The lowest BCUT2D eigenvalue weighted by Crippen LogP contribution is -1.98. The van der Waals surface area contributed by atoms with Crippen molar-refractivity contribution in [3.8, 4) is 11.5 Å². The number of carboxylic acid groups (broad SMARTS) is 2. The number of phenols is 2. The molecular formula is C19H21FI2O6. The van der Waals surface area contributed by atoms with Gasteiger partial charge in [-0.05, 0) is 93.4 Å². The minimum absolute atomic E-state index is 0.122. The van der Waals surface area contributed by atoms with Crippen LogP contribution in [0.4, 0.5) is 4.39 Å². The largest absolute Gasteiger partial charge is 0.508 e. The molecule has 0 unspecified atom stereocenters. The number of aliphatic carboxylic acids is 2. The molecule has 0 amide bonds. The summed E-state index contributed by atoms with van der Waals surface area (Å²) in [5.74, 6) is -1.13. The van der Waals surface area contributed by atoms with Gasteiger partial charge in [0, 0.05) is 12.8 Å². The summed E-state index contributed by atoms with van der Waals surface area (Å²) in [5, 5.41) is 35.3. The maximum absolute atomic E-state index is 10.4. The predicted octanol–water partition coefficient (Wildman–Crippen LogP) is 4.61. The summed E-state index contributed by atoms with van der Waals surface area (Å²) in [7, 11) is -1.00. The Labute approximate surface area is 191 Å². The van der Waals surface area contributed by atoms with Gasteiger partial charge in [-0.1, -0.05) is 12.1 Å². The van der Waals surface area contributed by atoms with Crippen LogP contribution in [0.25, 0.3) is 0 Å². The molecule has 2 aromatic carbocycles. The molecule has 2 rings (SSSR count). The highest BCUT2D eigenvalue weighted by atomic mass is 127. The van der Waals surface area contributed by atoms with Gasteiger partial charge in [-0.2, -0.15) is 0 Å². The molecule has 154 valence electrons. The molecule has 0 aromatic heterocycles. The molecule has 0 radical (unpaired) electrons. The third-order valence-corrected chi connectivity index (χ3v) is 4.91. The summed E-state index contributed by atoms with van der Waals surface area (Å²) in [5.41, 5.74) is 1.87. The first kappa shape index (κ1) is 24.4. The lowest BCUT2D eigenvalue weighted by molar-refractivity contribution is -0.138. The van der Waals surface area contributed by atoms with Crippen LogP contribution >= 0.6 is 45.2 Å². The Morgan fingerprint density at radius 1 is 0.929 bits per heavy atom. The lowest BCUT2D eigenvalue weighted by atomic mass is 10.1. The molecule has 0 aliphatic heterocycles. The molecule has 0 spiro atoms. The van der Waals surface area contributed by atoms with Crippen LogP contribution in [0, 0.1) is 7.14 Å². The standard InChI is InChI=1S/C9H8I2O3.C9H10O3.CH3F/c10-6-3-5(1-2-8(12)13)4-7(11)9(6)14;10-8-4-1-7(2-5-8)3-6-9(11)12;1-2/h3-4,14H,1-2H2,(H,12,13);1-2,4-5,10H,3,6H2,(H,11,12);1H3/i;;1D. The van der Waals surface area contributed by atoms with Gasteiger partial charge in [0.05, 0.1) is 15.7 Å². The van der Waals surface area contributed by atoms with Crippen LogP contribution in [0.15, 0.2) is 36.4 Å². The quantitative estimate of drug-likeness (QED) is 0.352. The van der Waals surface area contributed by atoms with E-state index >= 15 is 0 Å². The maximum atomic E-state index is 10.4. The Morgan fingerprint density at radius 3 is 1.71 bits per heavy atom. The molecule has 0 fully saturated rings. The fraction of sp³-hybridized carbons (Fsp3) is 0.263. The highest BCUT2D eigenvalue weighted by Gasteiger charge is 2.06. The van der Waals surface area contributed by atoms with Crippen molar-refractivity contribution in [2.45, 2.75) is 25.7 Å². The minimum atomic E-state index is -1.00. The molecule has 0 aliphatic carbocycles. The smallest absolute Gasteiger partial charge is 0.303 e. The van der Waals surface area contributed by atoms with Gasteiger partial charge in [0.2, 0.25) is 0 Å². The summed E-state index contributed by atoms with van der Waals surface area (Å²) in [6, 6.07) is 10.2. The maximum Gasteiger partial charge on any atom is 0.303 e. The summed E-state index contributed by atoms with van der Waals surface area (Å²) in [4.78, 5) is 20.5. The molecule has 2 aromatic rings. The van der Waals surface area contributed by atoms with Crippen LogP contribution < -0.4 is 0 Å². The van der Waals surface area contributed by atoms with Crippen molar-refractivity contribution in [3.63, 3.8) is 0 Å². The number of phenolic OH excluding ortho intramolecular Hbond substituents is 2. The van der Waals surface area contributed by atoms with Gasteiger partial charge in [-0.15, -0.1) is 0 Å². The normalized spacial score (nSPS) is 9.89. The molecule has 0 aliphatic rings. The number of halogens is 3. The van der Waals surface area contributed by atoms with Crippen molar-refractivity contribution < 1.29 is 35.8 Å². The molecule has 28 heavy (non-hydrogen) atoms. The van der Waals surface area contributed by atoms with Gasteiger partial charge in [0.1, 0.15) is 11.5 Å². The first-order valence-corrected chi connectivity index (χ1v) is 10.00. The summed E-state index contributed by atoms with van der Waals surface area (Å²) in [6.45, 7) is 0. The molecule has 4 N–H and O–H groups in total. The van der Waals surface area contributed by atoms with Crippen molar-refractivity contribution >= 4 is 57.1 Å². The van der Waals surface area contributed by atoms with Crippen molar-refractivity contribution in [3.05, 3.63) is 54.7 Å². The number of benzene rings is 2. The molecule has 0 atom stereocenters. The van der Waals surface area contributed by atoms with E-state index in [-0.39, 0.29) is 24.3 Å². The Morgan fingerprint density at radius 2 is 1.32 bits per heavy atom. The molecule has 9 heteroatoms. The molecule has 6 nitrogen and oxygen atoms in total. The topological polar surface area (TPSA) is 115 Å². The van der Waals surface area contributed by atoms with Crippen LogP contribution in [0.2, 0.25) is 0 Å². The molecule has 0 saturated heterocycles. The van der Waals surface area contributed by atoms with E-state index in [1.54, 1.807) is 36.4 Å². The number of alkyl halides is 1. The summed E-state index contributed by atoms with van der Waals surface area (Å²) < 4.78 is 17.0. The average molecular weight is 619 g/mol. The third kappa shape index (κ3) is 11.3. The van der Waals surface area contributed by atoms with E-state index in [2.05, 4.69) is 0 Å². The predicted molar refractivity (Wildman–Crippen MR) is 121 cm³/mol. The first-order valence-electron chi connectivity index (χ1n) is 8.55. The summed E-state index contributed by atoms with van der Waals surface area (Å²) >= 11 is 4.06. The second-order valence-electron chi connectivity index (χ2n) is 5.36. The van der Waals surface area contributed by atoms with E-state index < -0.39 is 19.1 Å². The van der Waals surface area contributed by atoms with E-state index in [4.69, 9.17) is 16.7 Å². The molecule has 0 bridgehead atoms. The lowest BCUT2D eigenvalue weighted by Gasteiger charge is -2.04. The fourth-order valence-corrected chi connectivity index (χ4v) is 3.82. The van der Waals surface area contributed by atoms with Gasteiger partial charge in [-0.25, -0.2) is 0 Å². The van der Waals surface area contributed by atoms with Crippen LogP contribution in [0.1, 0.15) is 25.3 Å². The number of aromatic hydroxyl groups is 2. The van der Waals surface area contributed by atoms with E-state index in [9.17, 15) is 19.1 Å². The first-order chi connectivity index (χ1) is 13.6. The number of carboxylic acids is 2. The third-order valence-electron chi connectivity index (χ3n) is 3.27. The fourth-order valence-electron chi connectivity index (χ4n) is 1.93. The Bertz CT molecular complexity index is 764. The van der Waals surface area contributed by atoms with Gasteiger partial charge in [0.25, 0.3) is 0 Å². The van der Waals surface area contributed by atoms with Crippen molar-refractivity contribution in [1.29, 1.82) is 0 Å². The Balaban J connectivity index is 0.000000481. The van der Waals surface area contributed by atoms with Crippen LogP contribution in [-0.4, -0.2) is 39.5 Å². The second kappa shape index (κ2) is 14.4. The van der Waals surface area contributed by atoms with E-state index in [0.29, 0.717) is 12.8 Å². The van der Waals surface area contributed by atoms with Gasteiger partial charge in [0.15, 0.2) is 0 Å². The molecular weight excluding hydrogens is 597 g/mol. The Hall–Kier alpha value is -1.63. The monoisotopic (exact) mass is 619 g/mol. The highest BCUT2D eigenvalue weighted by molar-refractivity contribution is 14.1. The highest BCUT2D eigenvalue weighted by Crippen LogP contribution is 2.27. The zero-order valence-corrected chi connectivity index (χ0v) is 19.1. The number of rotatable bonds is 6. The van der Waals surface area contributed by atoms with Gasteiger partial charge >= 0.3 is 11.9 Å². The van der Waals surface area contributed by atoms with Crippen LogP contribution in [0.3, 0.4) is 0 Å². The average Bonchev–Trinajstić information content (AvgIpc) is 2.65. The zero-order chi connectivity index (χ0) is 22.4. The van der Waals surface area contributed by atoms with Gasteiger partial charge < -0.3 is 20.4 Å². The summed E-state index contributed by atoms with van der Waals surface area (Å²) in [6.07, 6.45) is 1.26. The SMILES string of the molecule is O=C(O)CCc1cc(I)c(O)c(I)c1.O=C(O)CCc1ccc(O)cc1.[2H]CF. The van der Waals surface area contributed by atoms with Crippen LogP contribution in [-0.2, 0) is 22.4 Å². The number of hydrogen-bond acceptors (Lipinski definition) is 4. The minimum Gasteiger partial charge on any atom is -0.508 e. The van der Waals surface area contributed by atoms with E-state index in [0.717, 1.165) is 18.3 Å². The zero-order valence-electron chi connectivity index (χ0n) is 15.7. The van der Waals surface area contributed by atoms with Crippen LogP contribution in [0.5, 0.6) is 11.5 Å². The molecule has 0 saturated carbocycles. The van der Waals surface area contributed by atoms with Crippen molar-refractivity contribution in [2.75, 3.05) is 7.15 Å².